The number of hydrogen-bond donors (Lipinski definition) is 1. The van der Waals surface area contributed by atoms with Gasteiger partial charge in [-0.25, -0.2) is 9.59 Å². The molecule has 47 heavy (non-hydrogen) atoms. The minimum Gasteiger partial charge on any atom is -0.478 e. The number of carboxylic acid groups (broad SMARTS) is 1. The van der Waals surface area contributed by atoms with Crippen molar-refractivity contribution in [2.75, 3.05) is 31.3 Å². The van der Waals surface area contributed by atoms with Gasteiger partial charge >= 0.3 is 12.1 Å². The van der Waals surface area contributed by atoms with Gasteiger partial charge in [-0.05, 0) is 41.0 Å². The van der Waals surface area contributed by atoms with Crippen molar-refractivity contribution in [3.63, 3.8) is 0 Å². The summed E-state index contributed by atoms with van der Waals surface area (Å²) in [5.74, 6) is 0.0717. The average molecular weight is 664 g/mol. The lowest BCUT2D eigenvalue weighted by Gasteiger charge is -2.12. The highest BCUT2D eigenvalue weighted by atomic mass is 32.2. The third-order valence-electron chi connectivity index (χ3n) is 6.63. The zero-order valence-electron chi connectivity index (χ0n) is 25.1. The highest BCUT2D eigenvalue weighted by Crippen LogP contribution is 2.31. The maximum atomic E-state index is 12.0. The standard InChI is InChI=1S/C30H29N7O9S/c1-2-43-29-31-25-9-5-8-24(28(38)39)26(25)35(29)18-20-10-12-21(13-11-20)22-6-3-4-7-23(22)27-32-34-36(33-27)19-45-30(40)44-14-16-47-17-15-46-37(41)42/h3-13H,2,14-19H2,1H3,(H,38,39). The predicted molar refractivity (Wildman–Crippen MR) is 168 cm³/mol. The van der Waals surface area contributed by atoms with Crippen molar-refractivity contribution in [1.29, 1.82) is 0 Å². The zero-order valence-corrected chi connectivity index (χ0v) is 25.9. The minimum absolute atomic E-state index is 0.0482. The normalized spacial score (nSPS) is 10.9. The van der Waals surface area contributed by atoms with E-state index in [2.05, 4.69) is 25.2 Å². The van der Waals surface area contributed by atoms with Gasteiger partial charge in [-0.3, -0.25) is 4.57 Å². The molecule has 17 heteroatoms. The van der Waals surface area contributed by atoms with Crippen molar-refractivity contribution in [1.82, 2.24) is 29.8 Å². The van der Waals surface area contributed by atoms with E-state index >= 15 is 0 Å². The molecule has 1 N–H and O–H groups in total. The molecule has 5 aromatic rings. The Hall–Kier alpha value is -5.71. The Morgan fingerprint density at radius 3 is 2.49 bits per heavy atom. The fourth-order valence-corrected chi connectivity index (χ4v) is 5.24. The molecule has 0 saturated heterocycles. The van der Waals surface area contributed by atoms with Gasteiger partial charge in [-0.1, -0.05) is 54.6 Å². The highest BCUT2D eigenvalue weighted by molar-refractivity contribution is 7.99. The molecule has 0 aliphatic heterocycles. The number of carbonyl (C=O) groups is 2. The van der Waals surface area contributed by atoms with Gasteiger partial charge in [-0.15, -0.1) is 25.1 Å². The van der Waals surface area contributed by atoms with E-state index in [1.54, 1.807) is 22.8 Å². The van der Waals surface area contributed by atoms with Gasteiger partial charge in [0.1, 0.15) is 13.2 Å². The number of fused-ring (bicyclic) bond motifs is 1. The molecule has 244 valence electrons. The second-order valence-electron chi connectivity index (χ2n) is 9.66. The number of rotatable bonds is 16. The van der Waals surface area contributed by atoms with Crippen molar-refractivity contribution in [2.45, 2.75) is 20.2 Å². The number of thioether (sulfide) groups is 1. The molecular weight excluding hydrogens is 634 g/mol. The number of carboxylic acids is 1. The molecule has 16 nitrogen and oxygen atoms in total. The number of aromatic carboxylic acids is 1. The van der Waals surface area contributed by atoms with Crippen LogP contribution in [0.3, 0.4) is 0 Å². The molecule has 0 atom stereocenters. The molecule has 0 amide bonds. The van der Waals surface area contributed by atoms with E-state index in [1.807, 2.05) is 55.5 Å². The molecule has 0 aliphatic rings. The van der Waals surface area contributed by atoms with E-state index in [9.17, 15) is 24.8 Å². The van der Waals surface area contributed by atoms with Crippen molar-refractivity contribution < 1.29 is 38.8 Å². The van der Waals surface area contributed by atoms with Gasteiger partial charge in [-0.2, -0.15) is 16.7 Å². The number of ether oxygens (including phenoxy) is 3. The van der Waals surface area contributed by atoms with Gasteiger partial charge in [0.15, 0.2) is 0 Å². The summed E-state index contributed by atoms with van der Waals surface area (Å²) in [6.45, 7) is 2.25. The summed E-state index contributed by atoms with van der Waals surface area (Å²) >= 11 is 1.33. The Labute approximate surface area is 271 Å². The first-order valence-corrected chi connectivity index (χ1v) is 15.5. The van der Waals surface area contributed by atoms with Gasteiger partial charge in [0.2, 0.25) is 12.6 Å². The smallest absolute Gasteiger partial charge is 0.478 e. The van der Waals surface area contributed by atoms with Crippen molar-refractivity contribution in [2.24, 2.45) is 0 Å². The number of carbonyl (C=O) groups excluding carboxylic acids is 1. The summed E-state index contributed by atoms with van der Waals surface area (Å²) in [6, 6.07) is 20.6. The summed E-state index contributed by atoms with van der Waals surface area (Å²) in [7, 11) is 0. The van der Waals surface area contributed by atoms with Gasteiger partial charge in [0.05, 0.1) is 29.7 Å². The van der Waals surface area contributed by atoms with Crippen LogP contribution in [0.5, 0.6) is 6.01 Å². The van der Waals surface area contributed by atoms with E-state index in [0.29, 0.717) is 53.1 Å². The largest absolute Gasteiger partial charge is 0.510 e. The van der Waals surface area contributed by atoms with Crippen LogP contribution in [-0.4, -0.2) is 83.4 Å². The number of para-hydroxylation sites is 1. The lowest BCUT2D eigenvalue weighted by molar-refractivity contribution is -0.756. The van der Waals surface area contributed by atoms with Gasteiger partial charge in [0.25, 0.3) is 11.1 Å². The molecule has 0 unspecified atom stereocenters. The molecule has 0 fully saturated rings. The second-order valence-corrected chi connectivity index (χ2v) is 10.9. The van der Waals surface area contributed by atoms with Crippen molar-refractivity contribution in [3.8, 4) is 28.5 Å². The monoisotopic (exact) mass is 663 g/mol. The van der Waals surface area contributed by atoms with Crippen molar-refractivity contribution >= 4 is 34.9 Å². The molecule has 0 spiro atoms. The van der Waals surface area contributed by atoms with Crippen LogP contribution < -0.4 is 4.74 Å². The Bertz CT molecular complexity index is 1860. The van der Waals surface area contributed by atoms with Crippen LogP contribution in [0.25, 0.3) is 33.5 Å². The van der Waals surface area contributed by atoms with Crippen molar-refractivity contribution in [3.05, 3.63) is 88.0 Å². The maximum absolute atomic E-state index is 12.0. The molecule has 0 aliphatic carbocycles. The zero-order chi connectivity index (χ0) is 33.2. The fourth-order valence-electron chi connectivity index (χ4n) is 4.64. The third kappa shape index (κ3) is 8.31. The highest BCUT2D eigenvalue weighted by Gasteiger charge is 2.19. The molecule has 2 heterocycles. The number of nitrogens with zero attached hydrogens (tertiary/aromatic N) is 7. The Morgan fingerprint density at radius 2 is 1.74 bits per heavy atom. The van der Waals surface area contributed by atoms with E-state index in [1.165, 1.54) is 11.8 Å². The van der Waals surface area contributed by atoms with E-state index in [-0.39, 0.29) is 25.5 Å². The first-order chi connectivity index (χ1) is 22.8. The predicted octanol–water partition coefficient (Wildman–Crippen LogP) is 4.55. The van der Waals surface area contributed by atoms with Gasteiger partial charge < -0.3 is 24.2 Å². The fraction of sp³-hybridized carbons (Fsp3) is 0.267. The topological polar surface area (TPSA) is 196 Å². The molecule has 0 radical (unpaired) electrons. The lowest BCUT2D eigenvalue weighted by atomic mass is 9.98. The van der Waals surface area contributed by atoms with Crippen LogP contribution in [0, 0.1) is 10.1 Å². The Balaban J connectivity index is 1.23. The quantitative estimate of drug-likeness (QED) is 0.0668. The second kappa shape index (κ2) is 15.5. The van der Waals surface area contributed by atoms with Gasteiger partial charge in [0, 0.05) is 17.1 Å². The van der Waals surface area contributed by atoms with Crippen LogP contribution in [0.4, 0.5) is 4.79 Å². The van der Waals surface area contributed by atoms with E-state index in [4.69, 9.17) is 14.2 Å². The summed E-state index contributed by atoms with van der Waals surface area (Å²) < 4.78 is 17.5. The average Bonchev–Trinajstić information content (AvgIpc) is 3.68. The van der Waals surface area contributed by atoms with Crippen LogP contribution >= 0.6 is 11.8 Å². The summed E-state index contributed by atoms with van der Waals surface area (Å²) in [5.41, 5.74) is 4.51. The number of hydrogen-bond acceptors (Lipinski definition) is 13. The summed E-state index contributed by atoms with van der Waals surface area (Å²) in [5, 5.41) is 31.5. The number of aromatic nitrogens is 6. The Morgan fingerprint density at radius 1 is 0.979 bits per heavy atom. The van der Waals surface area contributed by atoms with E-state index < -0.39 is 17.2 Å². The third-order valence-corrected chi connectivity index (χ3v) is 7.54. The molecule has 0 bridgehead atoms. The van der Waals surface area contributed by atoms with E-state index in [0.717, 1.165) is 21.5 Å². The van der Waals surface area contributed by atoms with Crippen LogP contribution in [0.15, 0.2) is 66.7 Å². The Kier molecular flexibility index (Phi) is 10.8. The lowest BCUT2D eigenvalue weighted by Crippen LogP contribution is -2.14. The number of tetrazole rings is 1. The minimum atomic E-state index is -1.05. The molecule has 2 aromatic heterocycles. The van der Waals surface area contributed by atoms with Crippen LogP contribution in [-0.2, 0) is 27.6 Å². The SMILES string of the molecule is CCOc1nc2cccc(C(=O)O)c2n1Cc1ccc(-c2ccccc2-c2nnn(COC(=O)OCCSCCO[N+](=O)[O-])n2)cc1. The number of benzene rings is 3. The van der Waals surface area contributed by atoms with Crippen LogP contribution in [0.2, 0.25) is 0 Å². The molecule has 5 rings (SSSR count). The molecule has 0 saturated carbocycles. The summed E-state index contributed by atoms with van der Waals surface area (Å²) in [4.78, 5) is 43.8. The number of imidazole rings is 1. The maximum Gasteiger partial charge on any atom is 0.510 e. The van der Waals surface area contributed by atoms with Crippen LogP contribution in [0.1, 0.15) is 22.8 Å². The first-order valence-electron chi connectivity index (χ1n) is 14.3. The molecular formula is C30H29N7O9S. The molecule has 3 aromatic carbocycles. The first kappa shape index (κ1) is 32.7. The summed E-state index contributed by atoms with van der Waals surface area (Å²) in [6.07, 6.45) is -0.914.